The second kappa shape index (κ2) is 5.35. The van der Waals surface area contributed by atoms with Crippen molar-refractivity contribution in [2.45, 2.75) is 20.8 Å². The average Bonchev–Trinajstić information content (AvgIpc) is 2.79. The molecule has 0 atom stereocenters. The fourth-order valence-corrected chi connectivity index (χ4v) is 1.59. The number of carbonyl (C=O) groups is 1. The summed E-state index contributed by atoms with van der Waals surface area (Å²) in [5.74, 6) is -0.301. The van der Waals surface area contributed by atoms with Gasteiger partial charge in [-0.15, -0.1) is 0 Å². The molecule has 16 heavy (non-hydrogen) atoms. The van der Waals surface area contributed by atoms with Crippen LogP contribution >= 0.6 is 0 Å². The van der Waals surface area contributed by atoms with Crippen LogP contribution in [-0.2, 0) is 4.74 Å². The molecule has 0 saturated carbocycles. The first kappa shape index (κ1) is 12.3. The topological polar surface area (TPSA) is 42.1 Å². The third-order valence-corrected chi connectivity index (χ3v) is 2.30. The highest BCUT2D eigenvalue weighted by molar-refractivity contribution is 5.95. The molecule has 0 fully saturated rings. The summed E-state index contributed by atoms with van der Waals surface area (Å²) in [7, 11) is 1.39. The van der Waals surface area contributed by atoms with E-state index in [1.165, 1.54) is 7.11 Å². The van der Waals surface area contributed by atoms with Gasteiger partial charge in [0.1, 0.15) is 0 Å². The predicted octanol–water partition coefficient (Wildman–Crippen LogP) is 3.29. The van der Waals surface area contributed by atoms with Crippen molar-refractivity contribution >= 4 is 16.9 Å². The molecule has 0 radical (unpaired) electrons. The van der Waals surface area contributed by atoms with Crippen molar-refractivity contribution in [1.82, 2.24) is 4.98 Å². The summed E-state index contributed by atoms with van der Waals surface area (Å²) in [5.41, 5.74) is 2.62. The fourth-order valence-electron chi connectivity index (χ4n) is 1.59. The smallest absolute Gasteiger partial charge is 0.337 e. The number of carbonyl (C=O) groups excluding carboxylic acids is 1. The number of benzene rings is 1. The minimum atomic E-state index is -0.301. The molecule has 0 spiro atoms. The summed E-state index contributed by atoms with van der Waals surface area (Å²) in [6.07, 6.45) is 1.86. The molecule has 0 bridgehead atoms. The van der Waals surface area contributed by atoms with E-state index >= 15 is 0 Å². The van der Waals surface area contributed by atoms with Gasteiger partial charge in [0.25, 0.3) is 0 Å². The van der Waals surface area contributed by atoms with Gasteiger partial charge < -0.3 is 9.72 Å². The normalized spacial score (nSPS) is 9.50. The molecule has 86 valence electrons. The molecule has 3 heteroatoms. The number of hydrogen-bond donors (Lipinski definition) is 1. The number of esters is 1. The highest BCUT2D eigenvalue weighted by Gasteiger charge is 2.08. The lowest BCUT2D eigenvalue weighted by Crippen LogP contribution is -2.01. The highest BCUT2D eigenvalue weighted by atomic mass is 16.5. The van der Waals surface area contributed by atoms with Crippen molar-refractivity contribution in [3.05, 3.63) is 35.5 Å². The second-order valence-electron chi connectivity index (χ2n) is 3.22. The Morgan fingerprint density at radius 1 is 1.31 bits per heavy atom. The monoisotopic (exact) mass is 219 g/mol. The number of fused-ring (bicyclic) bond motifs is 1. The molecule has 0 aliphatic carbocycles. The Hall–Kier alpha value is -1.77. The van der Waals surface area contributed by atoms with Gasteiger partial charge in [-0.2, -0.15) is 0 Å². The number of ether oxygens (including phenoxy) is 1. The van der Waals surface area contributed by atoms with Crippen LogP contribution in [0.4, 0.5) is 0 Å². The van der Waals surface area contributed by atoms with Gasteiger partial charge in [0, 0.05) is 17.1 Å². The van der Waals surface area contributed by atoms with Crippen LogP contribution < -0.4 is 0 Å². The number of H-pyrrole nitrogens is 1. The number of aromatic amines is 1. The zero-order valence-electron chi connectivity index (χ0n) is 10.1. The molecule has 0 aliphatic heterocycles. The molecular formula is C13H17NO2. The number of rotatable bonds is 1. The number of aromatic nitrogens is 1. The molecule has 0 amide bonds. The lowest BCUT2D eigenvalue weighted by Gasteiger charge is -2.02. The first-order valence-corrected chi connectivity index (χ1v) is 5.38. The average molecular weight is 219 g/mol. The van der Waals surface area contributed by atoms with E-state index in [2.05, 4.69) is 9.72 Å². The standard InChI is InChI=1S/C11H11NO2.C2H6/c1-7-5-8(11(13)14-2)6-10-9(7)3-4-12-10;1-2/h3-6,12H,1-2H3;1-2H3. The number of methoxy groups -OCH3 is 1. The zero-order valence-corrected chi connectivity index (χ0v) is 10.1. The van der Waals surface area contributed by atoms with Gasteiger partial charge in [0.05, 0.1) is 12.7 Å². The maximum absolute atomic E-state index is 11.3. The number of hydrogen-bond acceptors (Lipinski definition) is 2. The van der Waals surface area contributed by atoms with Crippen LogP contribution in [0.15, 0.2) is 24.4 Å². The van der Waals surface area contributed by atoms with Crippen molar-refractivity contribution in [3.8, 4) is 0 Å². The molecule has 1 heterocycles. The Morgan fingerprint density at radius 3 is 2.62 bits per heavy atom. The van der Waals surface area contributed by atoms with Crippen LogP contribution in [0.5, 0.6) is 0 Å². The van der Waals surface area contributed by atoms with Crippen LogP contribution in [0.2, 0.25) is 0 Å². The summed E-state index contributed by atoms with van der Waals surface area (Å²) in [5, 5.41) is 1.14. The minimum absolute atomic E-state index is 0.301. The van der Waals surface area contributed by atoms with E-state index in [1.807, 2.05) is 39.1 Å². The molecule has 2 rings (SSSR count). The Morgan fingerprint density at radius 2 is 2.00 bits per heavy atom. The Kier molecular flexibility index (Phi) is 4.11. The SMILES string of the molecule is CC.COC(=O)c1cc(C)c2cc[nH]c2c1. The van der Waals surface area contributed by atoms with Gasteiger partial charge in [-0.25, -0.2) is 4.79 Å². The van der Waals surface area contributed by atoms with Gasteiger partial charge in [0.15, 0.2) is 0 Å². The highest BCUT2D eigenvalue weighted by Crippen LogP contribution is 2.19. The molecule has 0 saturated heterocycles. The van der Waals surface area contributed by atoms with Crippen molar-refractivity contribution in [3.63, 3.8) is 0 Å². The maximum Gasteiger partial charge on any atom is 0.337 e. The largest absolute Gasteiger partial charge is 0.465 e. The third-order valence-electron chi connectivity index (χ3n) is 2.30. The van der Waals surface area contributed by atoms with Gasteiger partial charge in [0.2, 0.25) is 0 Å². The summed E-state index contributed by atoms with van der Waals surface area (Å²) < 4.78 is 4.66. The van der Waals surface area contributed by atoms with Crippen molar-refractivity contribution in [1.29, 1.82) is 0 Å². The predicted molar refractivity (Wildman–Crippen MR) is 65.7 cm³/mol. The van der Waals surface area contributed by atoms with Crippen LogP contribution in [0.25, 0.3) is 10.9 Å². The van der Waals surface area contributed by atoms with E-state index in [0.29, 0.717) is 5.56 Å². The second-order valence-corrected chi connectivity index (χ2v) is 3.22. The van der Waals surface area contributed by atoms with Crippen molar-refractivity contribution in [2.75, 3.05) is 7.11 Å². The van der Waals surface area contributed by atoms with E-state index in [1.54, 1.807) is 6.07 Å². The lowest BCUT2D eigenvalue weighted by molar-refractivity contribution is 0.0601. The molecule has 1 N–H and O–H groups in total. The van der Waals surface area contributed by atoms with Gasteiger partial charge >= 0.3 is 5.97 Å². The van der Waals surface area contributed by atoms with Gasteiger partial charge in [-0.3, -0.25) is 0 Å². The van der Waals surface area contributed by atoms with Crippen LogP contribution in [-0.4, -0.2) is 18.1 Å². The molecule has 1 aromatic carbocycles. The fraction of sp³-hybridized carbons (Fsp3) is 0.308. The van der Waals surface area contributed by atoms with Gasteiger partial charge in [-0.05, 0) is 30.7 Å². The summed E-state index contributed by atoms with van der Waals surface area (Å²) in [6, 6.07) is 5.63. The first-order valence-electron chi connectivity index (χ1n) is 5.38. The number of nitrogens with one attached hydrogen (secondary N) is 1. The first-order chi connectivity index (χ1) is 7.72. The van der Waals surface area contributed by atoms with Gasteiger partial charge in [-0.1, -0.05) is 13.8 Å². The van der Waals surface area contributed by atoms with Crippen LogP contribution in [0.1, 0.15) is 29.8 Å². The van der Waals surface area contributed by atoms with E-state index in [0.717, 1.165) is 16.5 Å². The molecule has 0 aliphatic rings. The van der Waals surface area contributed by atoms with Crippen LogP contribution in [0.3, 0.4) is 0 Å². The Bertz CT molecular complexity index is 486. The minimum Gasteiger partial charge on any atom is -0.465 e. The molecule has 0 unspecified atom stereocenters. The Labute approximate surface area is 95.4 Å². The van der Waals surface area contributed by atoms with Crippen LogP contribution in [0, 0.1) is 6.92 Å². The lowest BCUT2D eigenvalue weighted by atomic mass is 10.1. The molecule has 3 nitrogen and oxygen atoms in total. The van der Waals surface area contributed by atoms with E-state index in [-0.39, 0.29) is 5.97 Å². The number of aryl methyl sites for hydroxylation is 1. The molecular weight excluding hydrogens is 202 g/mol. The zero-order chi connectivity index (χ0) is 12.1. The Balaban J connectivity index is 0.000000606. The summed E-state index contributed by atoms with van der Waals surface area (Å²) in [4.78, 5) is 14.4. The van der Waals surface area contributed by atoms with Crippen molar-refractivity contribution in [2.24, 2.45) is 0 Å². The quantitative estimate of drug-likeness (QED) is 0.748. The van der Waals surface area contributed by atoms with E-state index in [9.17, 15) is 4.79 Å². The van der Waals surface area contributed by atoms with E-state index in [4.69, 9.17) is 0 Å². The molecule has 1 aromatic heterocycles. The molecule has 2 aromatic rings. The maximum atomic E-state index is 11.3. The van der Waals surface area contributed by atoms with E-state index < -0.39 is 0 Å². The summed E-state index contributed by atoms with van der Waals surface area (Å²) in [6.45, 7) is 5.97. The summed E-state index contributed by atoms with van der Waals surface area (Å²) >= 11 is 0. The third kappa shape index (κ3) is 2.24. The van der Waals surface area contributed by atoms with Crippen molar-refractivity contribution < 1.29 is 9.53 Å².